The van der Waals surface area contributed by atoms with Crippen LogP contribution in [-0.4, -0.2) is 43.1 Å². The lowest BCUT2D eigenvalue weighted by molar-refractivity contribution is -0.171. The van der Waals surface area contributed by atoms with Gasteiger partial charge < -0.3 is 25.3 Å². The molecule has 37 heavy (non-hydrogen) atoms. The number of nitrogens with two attached hydrogens (primary N) is 1. The normalized spacial score (nSPS) is 19.6. The second-order valence-corrected chi connectivity index (χ2v) is 9.60. The number of esters is 2. The maximum atomic E-state index is 12.3. The number of ether oxygens (including phenoxy) is 3. The van der Waals surface area contributed by atoms with Crippen LogP contribution in [0.1, 0.15) is 50.5 Å². The minimum atomic E-state index is -0.565. The van der Waals surface area contributed by atoms with Crippen LogP contribution in [0.25, 0.3) is 11.1 Å². The van der Waals surface area contributed by atoms with Gasteiger partial charge in [0.25, 0.3) is 0 Å². The Morgan fingerprint density at radius 2 is 1.59 bits per heavy atom. The van der Waals surface area contributed by atoms with Crippen LogP contribution in [0.3, 0.4) is 0 Å². The number of nitrogen functional groups attached to an aromatic ring is 1. The van der Waals surface area contributed by atoms with Gasteiger partial charge in [0.2, 0.25) is 12.7 Å². The minimum absolute atomic E-state index is 0.0313. The summed E-state index contributed by atoms with van der Waals surface area (Å²) in [5.41, 5.74) is 8.17. The maximum absolute atomic E-state index is 12.3. The fourth-order valence-electron chi connectivity index (χ4n) is 4.77. The summed E-state index contributed by atoms with van der Waals surface area (Å²) >= 11 is 0. The standard InChI is InChI=1S/C28H33N3O6/c29-26(30)20-8-6-18(7-9-20)19-10-12-24(13-11-19)35-16-23-14-22(27(33)31-23)15-25(32)36-17-37-28(34)21-4-2-1-3-5-21/h6-13,21-23H,1-5,14-17H2,(H3,29,30)(H,31,33)/t22-,23-/m0/s1. The topological polar surface area (TPSA) is 141 Å². The summed E-state index contributed by atoms with van der Waals surface area (Å²) < 4.78 is 16.0. The molecule has 9 nitrogen and oxygen atoms in total. The third-order valence-corrected chi connectivity index (χ3v) is 6.89. The molecule has 0 bridgehead atoms. The fraction of sp³-hybridized carbons (Fsp3) is 0.429. The molecule has 2 fully saturated rings. The van der Waals surface area contributed by atoms with Crippen LogP contribution in [0.4, 0.5) is 0 Å². The number of rotatable bonds is 10. The van der Waals surface area contributed by atoms with Crippen LogP contribution < -0.4 is 15.8 Å². The Morgan fingerprint density at radius 1 is 0.946 bits per heavy atom. The lowest BCUT2D eigenvalue weighted by Crippen LogP contribution is -2.31. The molecule has 2 aliphatic rings. The van der Waals surface area contributed by atoms with E-state index in [1.165, 1.54) is 0 Å². The molecule has 1 aliphatic carbocycles. The highest BCUT2D eigenvalue weighted by molar-refractivity contribution is 5.95. The first-order chi connectivity index (χ1) is 17.9. The molecular formula is C28H33N3O6. The molecule has 2 aromatic carbocycles. The predicted octanol–water partition coefficient (Wildman–Crippen LogP) is 3.54. The molecular weight excluding hydrogens is 474 g/mol. The zero-order valence-corrected chi connectivity index (χ0v) is 20.7. The zero-order valence-electron chi connectivity index (χ0n) is 20.7. The van der Waals surface area contributed by atoms with E-state index in [-0.39, 0.29) is 42.7 Å². The van der Waals surface area contributed by atoms with E-state index in [0.717, 1.165) is 43.2 Å². The van der Waals surface area contributed by atoms with Crippen molar-refractivity contribution in [2.75, 3.05) is 13.4 Å². The maximum Gasteiger partial charge on any atom is 0.311 e. The van der Waals surface area contributed by atoms with Gasteiger partial charge in [-0.05, 0) is 42.5 Å². The number of carbonyl (C=O) groups excluding carboxylic acids is 3. The highest BCUT2D eigenvalue weighted by Gasteiger charge is 2.34. The molecule has 1 amide bonds. The Kier molecular flexibility index (Phi) is 8.77. The average molecular weight is 508 g/mol. The number of nitrogens with one attached hydrogen (secondary N) is 2. The number of amides is 1. The van der Waals surface area contributed by atoms with E-state index in [0.29, 0.717) is 17.7 Å². The molecule has 1 aliphatic heterocycles. The van der Waals surface area contributed by atoms with Gasteiger partial charge in [0.05, 0.1) is 24.3 Å². The van der Waals surface area contributed by atoms with Crippen molar-refractivity contribution < 1.29 is 28.6 Å². The summed E-state index contributed by atoms with van der Waals surface area (Å²) in [5, 5.41) is 10.3. The minimum Gasteiger partial charge on any atom is -0.491 e. The number of hydrogen-bond acceptors (Lipinski definition) is 7. The van der Waals surface area contributed by atoms with E-state index >= 15 is 0 Å². The van der Waals surface area contributed by atoms with Crippen LogP contribution >= 0.6 is 0 Å². The lowest BCUT2D eigenvalue weighted by Gasteiger charge is -2.19. The Balaban J connectivity index is 1.17. The van der Waals surface area contributed by atoms with E-state index in [4.69, 9.17) is 25.4 Å². The van der Waals surface area contributed by atoms with E-state index in [9.17, 15) is 14.4 Å². The van der Waals surface area contributed by atoms with Gasteiger partial charge in [-0.1, -0.05) is 55.7 Å². The summed E-state index contributed by atoms with van der Waals surface area (Å²) in [6.45, 7) is -0.130. The van der Waals surface area contributed by atoms with Crippen LogP contribution in [0.15, 0.2) is 48.5 Å². The molecule has 2 atom stereocenters. The van der Waals surface area contributed by atoms with E-state index in [1.807, 2.05) is 36.4 Å². The summed E-state index contributed by atoms with van der Waals surface area (Å²) in [5.74, 6) is -1.01. The van der Waals surface area contributed by atoms with Gasteiger partial charge in [0.15, 0.2) is 0 Å². The van der Waals surface area contributed by atoms with Gasteiger partial charge in [0.1, 0.15) is 18.2 Å². The van der Waals surface area contributed by atoms with Gasteiger partial charge in [-0.15, -0.1) is 0 Å². The smallest absolute Gasteiger partial charge is 0.311 e. The Morgan fingerprint density at radius 3 is 2.24 bits per heavy atom. The molecule has 9 heteroatoms. The Hall–Kier alpha value is -3.88. The van der Waals surface area contributed by atoms with Gasteiger partial charge in [0, 0.05) is 5.56 Å². The summed E-state index contributed by atoms with van der Waals surface area (Å²) in [4.78, 5) is 36.5. The highest BCUT2D eigenvalue weighted by Crippen LogP contribution is 2.26. The third-order valence-electron chi connectivity index (χ3n) is 6.89. The fourth-order valence-corrected chi connectivity index (χ4v) is 4.77. The van der Waals surface area contributed by atoms with Crippen LogP contribution in [0.2, 0.25) is 0 Å². The van der Waals surface area contributed by atoms with Crippen molar-refractivity contribution in [1.82, 2.24) is 5.32 Å². The SMILES string of the molecule is N=C(N)c1ccc(-c2ccc(OC[C@@H]3C[C@@H](CC(=O)OCOC(=O)C4CCCCC4)C(=O)N3)cc2)cc1. The largest absolute Gasteiger partial charge is 0.491 e. The van der Waals surface area contributed by atoms with Crippen molar-refractivity contribution in [3.05, 3.63) is 54.1 Å². The van der Waals surface area contributed by atoms with Crippen molar-refractivity contribution in [2.45, 2.75) is 51.0 Å². The van der Waals surface area contributed by atoms with E-state index < -0.39 is 18.7 Å². The number of hydrogen-bond donors (Lipinski definition) is 3. The monoisotopic (exact) mass is 507 g/mol. The molecule has 0 spiro atoms. The molecule has 2 aromatic rings. The first-order valence-electron chi connectivity index (χ1n) is 12.7. The highest BCUT2D eigenvalue weighted by atomic mass is 16.7. The van der Waals surface area contributed by atoms with Crippen molar-refractivity contribution in [3.63, 3.8) is 0 Å². The van der Waals surface area contributed by atoms with Gasteiger partial charge in [-0.3, -0.25) is 19.8 Å². The summed E-state index contributed by atoms with van der Waals surface area (Å²) in [7, 11) is 0. The van der Waals surface area contributed by atoms with E-state index in [2.05, 4.69) is 5.32 Å². The van der Waals surface area contributed by atoms with Crippen molar-refractivity contribution in [1.29, 1.82) is 5.41 Å². The predicted molar refractivity (Wildman–Crippen MR) is 137 cm³/mol. The molecule has 0 unspecified atom stereocenters. The molecule has 196 valence electrons. The van der Waals surface area contributed by atoms with Gasteiger partial charge in [-0.2, -0.15) is 0 Å². The first-order valence-corrected chi connectivity index (χ1v) is 12.7. The molecule has 4 rings (SSSR count). The van der Waals surface area contributed by atoms with Gasteiger partial charge >= 0.3 is 11.9 Å². The molecule has 1 heterocycles. The molecule has 0 aromatic heterocycles. The molecule has 4 N–H and O–H groups in total. The summed E-state index contributed by atoms with van der Waals surface area (Å²) in [6.07, 6.45) is 5.20. The van der Waals surface area contributed by atoms with Crippen LogP contribution in [0.5, 0.6) is 5.75 Å². The number of carbonyl (C=O) groups is 3. The second kappa shape index (κ2) is 12.4. The van der Waals surface area contributed by atoms with Crippen LogP contribution in [-0.2, 0) is 23.9 Å². The first kappa shape index (κ1) is 26.2. The lowest BCUT2D eigenvalue weighted by atomic mass is 9.89. The Bertz CT molecular complexity index is 1110. The van der Waals surface area contributed by atoms with Crippen LogP contribution in [0, 0.1) is 17.2 Å². The van der Waals surface area contributed by atoms with Gasteiger partial charge in [-0.25, -0.2) is 0 Å². The molecule has 1 saturated carbocycles. The zero-order chi connectivity index (χ0) is 26.2. The van der Waals surface area contributed by atoms with Crippen molar-refractivity contribution >= 4 is 23.7 Å². The Labute approximate surface area is 216 Å². The number of benzene rings is 2. The number of amidine groups is 1. The molecule has 0 radical (unpaired) electrons. The van der Waals surface area contributed by atoms with E-state index in [1.54, 1.807) is 12.1 Å². The second-order valence-electron chi connectivity index (χ2n) is 9.60. The van der Waals surface area contributed by atoms with Crippen molar-refractivity contribution in [2.24, 2.45) is 17.6 Å². The molecule has 1 saturated heterocycles. The van der Waals surface area contributed by atoms with Crippen molar-refractivity contribution in [3.8, 4) is 16.9 Å². The summed E-state index contributed by atoms with van der Waals surface area (Å²) in [6, 6.07) is 14.8. The quantitative estimate of drug-likeness (QED) is 0.193. The average Bonchev–Trinajstić information content (AvgIpc) is 3.26. The third kappa shape index (κ3) is 7.31.